The first-order valence-corrected chi connectivity index (χ1v) is 8.46. The highest BCUT2D eigenvalue weighted by Crippen LogP contribution is 2.73. The lowest BCUT2D eigenvalue weighted by molar-refractivity contribution is -0.233. The van der Waals surface area contributed by atoms with Gasteiger partial charge < -0.3 is 9.47 Å². The lowest BCUT2D eigenvalue weighted by atomic mass is 9.35. The van der Waals surface area contributed by atoms with Gasteiger partial charge in [-0.25, -0.2) is 0 Å². The largest absolute Gasteiger partial charge is 0.345 e. The third-order valence-electron chi connectivity index (χ3n) is 7.12. The number of ketones is 1. The van der Waals surface area contributed by atoms with Crippen molar-refractivity contribution >= 4 is 5.78 Å². The van der Waals surface area contributed by atoms with Crippen molar-refractivity contribution in [1.29, 1.82) is 0 Å². The standard InChI is InChI=1S/C18H28O3/c1-9-7-10(19)13-14-12(9)18(13,6)8-11-15(16(14,2)3)21-17(4,5)20-11/h9,11-15H,7-8H2,1-6H3/t9-,11+,12+,13-,14+,15-,18-/m1/s1. The third kappa shape index (κ3) is 1.55. The van der Waals surface area contributed by atoms with Crippen molar-refractivity contribution in [3.05, 3.63) is 0 Å². The summed E-state index contributed by atoms with van der Waals surface area (Å²) in [4.78, 5) is 12.7. The fraction of sp³-hybridized carbons (Fsp3) is 0.944. The van der Waals surface area contributed by atoms with Crippen LogP contribution < -0.4 is 0 Å². The topological polar surface area (TPSA) is 35.5 Å². The second-order valence-corrected chi connectivity index (χ2v) is 9.30. The maximum atomic E-state index is 12.7. The molecule has 0 radical (unpaired) electrons. The van der Waals surface area contributed by atoms with E-state index in [-0.39, 0.29) is 29.0 Å². The molecule has 1 aliphatic heterocycles. The van der Waals surface area contributed by atoms with Crippen molar-refractivity contribution in [1.82, 2.24) is 0 Å². The van der Waals surface area contributed by atoms with Crippen LogP contribution in [0.4, 0.5) is 0 Å². The van der Waals surface area contributed by atoms with Gasteiger partial charge in [-0.15, -0.1) is 0 Å². The summed E-state index contributed by atoms with van der Waals surface area (Å²) in [5, 5.41) is 0. The fourth-order valence-electron chi connectivity index (χ4n) is 6.65. The molecule has 5 aliphatic carbocycles. The van der Waals surface area contributed by atoms with Crippen LogP contribution in [0.15, 0.2) is 0 Å². The molecule has 6 rings (SSSR count). The van der Waals surface area contributed by atoms with Gasteiger partial charge >= 0.3 is 0 Å². The number of carbonyl (C=O) groups is 1. The highest BCUT2D eigenvalue weighted by Gasteiger charge is 2.74. The smallest absolute Gasteiger partial charge is 0.163 e. The summed E-state index contributed by atoms with van der Waals surface area (Å²) in [5.41, 5.74) is 0.133. The molecule has 0 aromatic heterocycles. The van der Waals surface area contributed by atoms with Crippen molar-refractivity contribution in [3.8, 4) is 0 Å². The van der Waals surface area contributed by atoms with E-state index in [1.165, 1.54) is 0 Å². The molecule has 118 valence electrons. The van der Waals surface area contributed by atoms with Crippen LogP contribution in [0.5, 0.6) is 0 Å². The SMILES string of the molecule is C[C@@H]1CC(=O)[C@@H]2[C@@H]3[C@H]1[C@@]2(C)C[C@@H]1OC(C)(C)O[C@H]1C3(C)C. The highest BCUT2D eigenvalue weighted by atomic mass is 16.8. The van der Waals surface area contributed by atoms with Crippen molar-refractivity contribution in [2.75, 3.05) is 0 Å². The van der Waals surface area contributed by atoms with E-state index >= 15 is 0 Å². The first kappa shape index (κ1) is 14.2. The number of ether oxygens (including phenoxy) is 2. The molecule has 1 saturated heterocycles. The minimum Gasteiger partial charge on any atom is -0.345 e. The molecule has 0 spiro atoms. The van der Waals surface area contributed by atoms with Crippen LogP contribution >= 0.6 is 0 Å². The molecule has 1 heterocycles. The normalized spacial score (nSPS) is 56.4. The Morgan fingerprint density at radius 1 is 1.05 bits per heavy atom. The van der Waals surface area contributed by atoms with Crippen LogP contribution in [0, 0.1) is 34.5 Å². The fourth-order valence-corrected chi connectivity index (χ4v) is 6.65. The van der Waals surface area contributed by atoms with Gasteiger partial charge in [0.15, 0.2) is 5.79 Å². The van der Waals surface area contributed by atoms with Crippen LogP contribution in [0.2, 0.25) is 0 Å². The number of carbonyl (C=O) groups excluding carboxylic acids is 1. The Balaban J connectivity index is 1.80. The molecule has 21 heavy (non-hydrogen) atoms. The minimum absolute atomic E-state index is 0.00806. The summed E-state index contributed by atoms with van der Waals surface area (Å²) in [6, 6.07) is 0. The number of hydrogen-bond acceptors (Lipinski definition) is 3. The van der Waals surface area contributed by atoms with Gasteiger partial charge in [-0.2, -0.15) is 0 Å². The molecular weight excluding hydrogens is 264 g/mol. The summed E-state index contributed by atoms with van der Waals surface area (Å²) in [6.45, 7) is 13.2. The van der Waals surface area contributed by atoms with E-state index < -0.39 is 5.79 Å². The molecule has 7 atom stereocenters. The van der Waals surface area contributed by atoms with Crippen LogP contribution in [-0.2, 0) is 14.3 Å². The number of rotatable bonds is 0. The van der Waals surface area contributed by atoms with E-state index in [0.717, 1.165) is 12.8 Å². The lowest BCUT2D eigenvalue weighted by Crippen LogP contribution is -2.67. The van der Waals surface area contributed by atoms with E-state index in [0.29, 0.717) is 23.5 Å². The van der Waals surface area contributed by atoms with E-state index in [1.54, 1.807) is 0 Å². The van der Waals surface area contributed by atoms with Gasteiger partial charge in [-0.1, -0.05) is 27.7 Å². The zero-order chi connectivity index (χ0) is 15.4. The summed E-state index contributed by atoms with van der Waals surface area (Å²) < 4.78 is 12.5. The van der Waals surface area contributed by atoms with Crippen molar-refractivity contribution < 1.29 is 14.3 Å². The van der Waals surface area contributed by atoms with Gasteiger partial charge in [0.1, 0.15) is 5.78 Å². The molecule has 0 N–H and O–H groups in total. The first-order chi connectivity index (χ1) is 9.58. The Labute approximate surface area is 127 Å². The van der Waals surface area contributed by atoms with E-state index in [1.807, 2.05) is 13.8 Å². The predicted molar refractivity (Wildman–Crippen MR) is 79.6 cm³/mol. The molecule has 6 fully saturated rings. The van der Waals surface area contributed by atoms with Crippen molar-refractivity contribution in [2.24, 2.45) is 34.5 Å². The third-order valence-corrected chi connectivity index (χ3v) is 7.12. The van der Waals surface area contributed by atoms with Crippen molar-refractivity contribution in [3.63, 3.8) is 0 Å². The molecule has 0 aromatic carbocycles. The van der Waals surface area contributed by atoms with Crippen LogP contribution in [0.3, 0.4) is 0 Å². The van der Waals surface area contributed by atoms with Gasteiger partial charge in [0.25, 0.3) is 0 Å². The zero-order valence-corrected chi connectivity index (χ0v) is 14.1. The number of Topliss-reactive ketones (excluding diaryl/α,β-unsaturated/α-hetero) is 1. The second kappa shape index (κ2) is 3.73. The van der Waals surface area contributed by atoms with Crippen molar-refractivity contribution in [2.45, 2.75) is 72.4 Å². The van der Waals surface area contributed by atoms with Gasteiger partial charge in [0, 0.05) is 12.3 Å². The molecular formula is C18H28O3. The molecule has 3 heteroatoms. The number of fused-ring (bicyclic) bond motifs is 2. The molecule has 5 saturated carbocycles. The van der Waals surface area contributed by atoms with Crippen LogP contribution in [0.1, 0.15) is 54.4 Å². The van der Waals surface area contributed by atoms with Gasteiger partial charge in [-0.3, -0.25) is 4.79 Å². The number of hydrogen-bond donors (Lipinski definition) is 0. The average molecular weight is 292 g/mol. The quantitative estimate of drug-likeness (QED) is 0.686. The van der Waals surface area contributed by atoms with E-state index in [9.17, 15) is 4.79 Å². The Morgan fingerprint density at radius 2 is 1.71 bits per heavy atom. The predicted octanol–water partition coefficient (Wildman–Crippen LogP) is 3.41. The minimum atomic E-state index is -0.489. The Kier molecular flexibility index (Phi) is 2.52. The summed E-state index contributed by atoms with van der Waals surface area (Å²) >= 11 is 0. The van der Waals surface area contributed by atoms with Gasteiger partial charge in [-0.05, 0) is 48.9 Å². The highest BCUT2D eigenvalue weighted by molar-refractivity contribution is 5.85. The molecule has 4 bridgehead atoms. The monoisotopic (exact) mass is 292 g/mol. The molecule has 0 unspecified atom stereocenters. The maximum absolute atomic E-state index is 12.7. The molecule has 0 amide bonds. The zero-order valence-electron chi connectivity index (χ0n) is 14.1. The lowest BCUT2D eigenvalue weighted by Gasteiger charge is -2.67. The Hall–Kier alpha value is -0.410. The summed E-state index contributed by atoms with van der Waals surface area (Å²) in [7, 11) is 0. The molecule has 3 nitrogen and oxygen atoms in total. The Morgan fingerprint density at radius 3 is 2.33 bits per heavy atom. The first-order valence-electron chi connectivity index (χ1n) is 8.46. The summed E-state index contributed by atoms with van der Waals surface area (Å²) in [5.74, 6) is 1.85. The molecule has 6 aliphatic rings. The van der Waals surface area contributed by atoms with Gasteiger partial charge in [0.2, 0.25) is 0 Å². The second-order valence-electron chi connectivity index (χ2n) is 9.30. The van der Waals surface area contributed by atoms with E-state index in [2.05, 4.69) is 27.7 Å². The molecule has 0 aromatic rings. The van der Waals surface area contributed by atoms with E-state index in [4.69, 9.17) is 9.47 Å². The average Bonchev–Trinajstić information content (AvgIpc) is 2.55. The Bertz CT molecular complexity index is 509. The maximum Gasteiger partial charge on any atom is 0.163 e. The van der Waals surface area contributed by atoms with Crippen LogP contribution in [-0.4, -0.2) is 23.8 Å². The van der Waals surface area contributed by atoms with Crippen LogP contribution in [0.25, 0.3) is 0 Å². The van der Waals surface area contributed by atoms with Gasteiger partial charge in [0.05, 0.1) is 12.2 Å². The summed E-state index contributed by atoms with van der Waals surface area (Å²) in [6.07, 6.45) is 2.01.